The highest BCUT2D eigenvalue weighted by atomic mass is 35.5. The molecule has 0 saturated carbocycles. The predicted molar refractivity (Wildman–Crippen MR) is 111 cm³/mol. The monoisotopic (exact) mass is 453 g/mol. The summed E-state index contributed by atoms with van der Waals surface area (Å²) in [5, 5.41) is 21.7. The number of halogens is 2. The third-order valence-corrected chi connectivity index (χ3v) is 5.04. The third-order valence-electron chi connectivity index (χ3n) is 3.64. The first-order valence-electron chi connectivity index (χ1n) is 8.00. The number of H-pyrrole nitrogens is 1. The van der Waals surface area contributed by atoms with Crippen LogP contribution in [-0.2, 0) is 4.79 Å². The highest BCUT2D eigenvalue weighted by Crippen LogP contribution is 2.30. The van der Waals surface area contributed by atoms with Gasteiger partial charge in [-0.1, -0.05) is 35.0 Å². The smallest absolute Gasteiger partial charge is 0.311 e. The molecule has 1 aromatic heterocycles. The Balaban J connectivity index is 1.61. The number of methoxy groups -OCH3 is 1. The number of benzene rings is 2. The van der Waals surface area contributed by atoms with Gasteiger partial charge in [-0.25, -0.2) is 4.98 Å². The Bertz CT molecular complexity index is 1080. The Hall–Kier alpha value is -2.82. The average Bonchev–Trinajstić information content (AvgIpc) is 3.14. The zero-order valence-corrected chi connectivity index (χ0v) is 17.1. The first kappa shape index (κ1) is 20.9. The van der Waals surface area contributed by atoms with Crippen LogP contribution in [0.2, 0.25) is 10.0 Å². The number of nitrogens with one attached hydrogen (secondary N) is 2. The maximum absolute atomic E-state index is 12.2. The van der Waals surface area contributed by atoms with Crippen LogP contribution in [0.1, 0.15) is 0 Å². The molecule has 0 spiro atoms. The number of nitro groups is 1. The van der Waals surface area contributed by atoms with Crippen molar-refractivity contribution in [3.05, 3.63) is 56.6 Å². The number of anilines is 1. The largest absolute Gasteiger partial charge is 0.490 e. The summed E-state index contributed by atoms with van der Waals surface area (Å²) in [5.41, 5.74) is 0.827. The summed E-state index contributed by atoms with van der Waals surface area (Å²) in [4.78, 5) is 26.8. The molecule has 3 aromatic rings. The number of amides is 1. The van der Waals surface area contributed by atoms with Crippen LogP contribution in [0.3, 0.4) is 0 Å². The molecule has 0 atom stereocenters. The molecular formula is C17H13Cl2N5O4S. The van der Waals surface area contributed by atoms with Gasteiger partial charge in [-0.3, -0.25) is 20.0 Å². The highest BCUT2D eigenvalue weighted by molar-refractivity contribution is 7.99. The summed E-state index contributed by atoms with van der Waals surface area (Å²) in [6.07, 6.45) is 0. The minimum Gasteiger partial charge on any atom is -0.490 e. The standard InChI is InChI=1S/C17H13Cl2N5O4S/c1-28-14-7-10(3-5-13(14)24(26)27)20-15(25)8-29-17-21-16(22-23-17)11-4-2-9(18)6-12(11)19/h2-7H,8H2,1H3,(H,20,25)(H,21,22,23). The Kier molecular flexibility index (Phi) is 6.57. The van der Waals surface area contributed by atoms with Crippen molar-refractivity contribution in [1.29, 1.82) is 0 Å². The lowest BCUT2D eigenvalue weighted by atomic mass is 10.2. The van der Waals surface area contributed by atoms with Crippen molar-refractivity contribution < 1.29 is 14.5 Å². The number of aromatic amines is 1. The van der Waals surface area contributed by atoms with Gasteiger partial charge in [0.2, 0.25) is 11.1 Å². The molecule has 150 valence electrons. The quantitative estimate of drug-likeness (QED) is 0.308. The van der Waals surface area contributed by atoms with Gasteiger partial charge in [0, 0.05) is 28.4 Å². The summed E-state index contributed by atoms with van der Waals surface area (Å²) in [7, 11) is 1.32. The van der Waals surface area contributed by atoms with Gasteiger partial charge in [0.1, 0.15) is 0 Å². The summed E-state index contributed by atoms with van der Waals surface area (Å²) in [6, 6.07) is 9.07. The third kappa shape index (κ3) is 5.17. The molecule has 2 aromatic carbocycles. The molecule has 0 aliphatic rings. The molecular weight excluding hydrogens is 441 g/mol. The van der Waals surface area contributed by atoms with E-state index in [0.29, 0.717) is 32.3 Å². The lowest BCUT2D eigenvalue weighted by Crippen LogP contribution is -2.14. The average molecular weight is 454 g/mol. The van der Waals surface area contributed by atoms with E-state index in [1.807, 2.05) is 0 Å². The van der Waals surface area contributed by atoms with E-state index in [1.165, 1.54) is 25.3 Å². The zero-order chi connectivity index (χ0) is 21.0. The number of thioether (sulfide) groups is 1. The molecule has 12 heteroatoms. The molecule has 0 aliphatic heterocycles. The summed E-state index contributed by atoms with van der Waals surface area (Å²) >= 11 is 13.2. The van der Waals surface area contributed by atoms with Crippen LogP contribution in [0.5, 0.6) is 5.75 Å². The number of ether oxygens (including phenoxy) is 1. The second kappa shape index (κ2) is 9.12. The number of nitro benzene ring substituents is 1. The maximum atomic E-state index is 12.2. The van der Waals surface area contributed by atoms with E-state index in [-0.39, 0.29) is 23.1 Å². The Morgan fingerprint density at radius 1 is 1.31 bits per heavy atom. The highest BCUT2D eigenvalue weighted by Gasteiger charge is 2.16. The van der Waals surface area contributed by atoms with Crippen LogP contribution in [0.25, 0.3) is 11.4 Å². The first-order chi connectivity index (χ1) is 13.9. The molecule has 0 saturated heterocycles. The van der Waals surface area contributed by atoms with Gasteiger partial charge in [0.15, 0.2) is 11.6 Å². The van der Waals surface area contributed by atoms with Crippen molar-refractivity contribution in [3.63, 3.8) is 0 Å². The topological polar surface area (TPSA) is 123 Å². The zero-order valence-electron chi connectivity index (χ0n) is 14.8. The molecule has 2 N–H and O–H groups in total. The second-order valence-electron chi connectivity index (χ2n) is 5.57. The lowest BCUT2D eigenvalue weighted by molar-refractivity contribution is -0.385. The van der Waals surface area contributed by atoms with E-state index in [0.717, 1.165) is 11.8 Å². The fourth-order valence-electron chi connectivity index (χ4n) is 2.35. The van der Waals surface area contributed by atoms with E-state index in [2.05, 4.69) is 20.5 Å². The van der Waals surface area contributed by atoms with Crippen LogP contribution in [0.15, 0.2) is 41.6 Å². The number of carbonyl (C=O) groups is 1. The van der Waals surface area contributed by atoms with Gasteiger partial charge in [-0.2, -0.15) is 0 Å². The van der Waals surface area contributed by atoms with Crippen molar-refractivity contribution in [2.24, 2.45) is 0 Å². The minimum absolute atomic E-state index is 0.0327. The molecule has 1 heterocycles. The molecule has 0 bridgehead atoms. The number of hydrogen-bond donors (Lipinski definition) is 2. The van der Waals surface area contributed by atoms with Gasteiger partial charge < -0.3 is 10.1 Å². The van der Waals surface area contributed by atoms with Crippen LogP contribution >= 0.6 is 35.0 Å². The molecule has 0 aliphatic carbocycles. The summed E-state index contributed by atoms with van der Waals surface area (Å²) in [6.45, 7) is 0. The minimum atomic E-state index is -0.561. The van der Waals surface area contributed by atoms with Gasteiger partial charge in [0.25, 0.3) is 0 Å². The van der Waals surface area contributed by atoms with Gasteiger partial charge in [-0.05, 0) is 24.3 Å². The molecule has 0 unspecified atom stereocenters. The number of aromatic nitrogens is 3. The second-order valence-corrected chi connectivity index (χ2v) is 7.36. The Morgan fingerprint density at radius 2 is 2.10 bits per heavy atom. The normalized spacial score (nSPS) is 10.6. The van der Waals surface area contributed by atoms with Crippen molar-refractivity contribution in [3.8, 4) is 17.1 Å². The van der Waals surface area contributed by atoms with Crippen molar-refractivity contribution in [2.45, 2.75) is 5.16 Å². The van der Waals surface area contributed by atoms with Crippen LogP contribution in [-0.4, -0.2) is 38.9 Å². The van der Waals surface area contributed by atoms with E-state index in [4.69, 9.17) is 27.9 Å². The molecule has 9 nitrogen and oxygen atoms in total. The number of nitrogens with zero attached hydrogens (tertiary/aromatic N) is 3. The fraction of sp³-hybridized carbons (Fsp3) is 0.118. The van der Waals surface area contributed by atoms with Gasteiger partial charge >= 0.3 is 5.69 Å². The molecule has 3 rings (SSSR count). The summed E-state index contributed by atoms with van der Waals surface area (Å²) < 4.78 is 4.98. The van der Waals surface area contributed by atoms with Crippen molar-refractivity contribution in [2.75, 3.05) is 18.2 Å². The molecule has 0 fully saturated rings. The van der Waals surface area contributed by atoms with E-state index < -0.39 is 4.92 Å². The van der Waals surface area contributed by atoms with Crippen LogP contribution < -0.4 is 10.1 Å². The van der Waals surface area contributed by atoms with E-state index >= 15 is 0 Å². The number of rotatable bonds is 7. The van der Waals surface area contributed by atoms with Crippen LogP contribution in [0, 0.1) is 10.1 Å². The fourth-order valence-corrected chi connectivity index (χ4v) is 3.44. The van der Waals surface area contributed by atoms with Crippen molar-refractivity contribution >= 4 is 52.2 Å². The van der Waals surface area contributed by atoms with E-state index in [1.54, 1.807) is 18.2 Å². The Morgan fingerprint density at radius 3 is 2.79 bits per heavy atom. The first-order valence-corrected chi connectivity index (χ1v) is 9.74. The summed E-state index contributed by atoms with van der Waals surface area (Å²) in [5.74, 6) is 0.209. The number of carbonyl (C=O) groups excluding carboxylic acids is 1. The van der Waals surface area contributed by atoms with Gasteiger partial charge in [-0.15, -0.1) is 5.10 Å². The molecule has 29 heavy (non-hydrogen) atoms. The van der Waals surface area contributed by atoms with E-state index in [9.17, 15) is 14.9 Å². The Labute approximate surface area is 178 Å². The van der Waals surface area contributed by atoms with Gasteiger partial charge in [0.05, 0.1) is 22.8 Å². The SMILES string of the molecule is COc1cc(NC(=O)CSc2n[nH]c(-c3ccc(Cl)cc3Cl)n2)ccc1[N+](=O)[O-]. The molecule has 1 amide bonds. The maximum Gasteiger partial charge on any atom is 0.311 e. The molecule has 0 radical (unpaired) electrons. The van der Waals surface area contributed by atoms with Crippen LogP contribution in [0.4, 0.5) is 11.4 Å². The van der Waals surface area contributed by atoms with Crippen molar-refractivity contribution in [1.82, 2.24) is 15.2 Å². The predicted octanol–water partition coefficient (Wildman–Crippen LogP) is 4.43. The number of hydrogen-bond acceptors (Lipinski definition) is 7. The lowest BCUT2D eigenvalue weighted by Gasteiger charge is -2.07.